The van der Waals surface area contributed by atoms with Crippen LogP contribution in [0.25, 0.3) is 0 Å². The summed E-state index contributed by atoms with van der Waals surface area (Å²) in [6.07, 6.45) is 0.253. The molecule has 1 N–H and O–H groups in total. The summed E-state index contributed by atoms with van der Waals surface area (Å²) in [5, 5.41) is 12.2. The highest BCUT2D eigenvalue weighted by Crippen LogP contribution is 2.34. The predicted molar refractivity (Wildman–Crippen MR) is 88.8 cm³/mol. The minimum Gasteiger partial charge on any atom is -0.493 e. The van der Waals surface area contributed by atoms with Gasteiger partial charge < -0.3 is 14.8 Å². The van der Waals surface area contributed by atoms with E-state index in [0.717, 1.165) is 9.75 Å². The predicted octanol–water partition coefficient (Wildman–Crippen LogP) is 3.00. The van der Waals surface area contributed by atoms with E-state index in [1.54, 1.807) is 29.5 Å². The number of hydrogen-bond donors (Lipinski definition) is 1. The van der Waals surface area contributed by atoms with Gasteiger partial charge >= 0.3 is 0 Å². The van der Waals surface area contributed by atoms with Gasteiger partial charge in [-0.15, -0.1) is 11.3 Å². The first kappa shape index (κ1) is 16.8. The van der Waals surface area contributed by atoms with E-state index in [2.05, 4.69) is 11.4 Å². The number of nitrogens with one attached hydrogen (secondary N) is 1. The van der Waals surface area contributed by atoms with Crippen LogP contribution in [-0.4, -0.2) is 20.1 Å². The quantitative estimate of drug-likeness (QED) is 0.884. The fourth-order valence-electron chi connectivity index (χ4n) is 2.27. The van der Waals surface area contributed by atoms with E-state index >= 15 is 0 Å². The first-order chi connectivity index (χ1) is 11.1. The maximum atomic E-state index is 12.2. The van der Waals surface area contributed by atoms with Crippen LogP contribution < -0.4 is 14.8 Å². The first-order valence-corrected chi connectivity index (χ1v) is 7.86. The lowest BCUT2D eigenvalue weighted by Crippen LogP contribution is -2.29. The number of para-hydroxylation sites is 1. The molecule has 1 aromatic carbocycles. The topological polar surface area (TPSA) is 71.3 Å². The molecular weight excluding hydrogens is 312 g/mol. The van der Waals surface area contributed by atoms with E-state index in [-0.39, 0.29) is 12.3 Å². The lowest BCUT2D eigenvalue weighted by atomic mass is 10.1. The lowest BCUT2D eigenvalue weighted by Gasteiger charge is -2.17. The Bertz CT molecular complexity index is 734. The number of nitrogens with zero attached hydrogens (tertiary/aromatic N) is 1. The van der Waals surface area contributed by atoms with Crippen molar-refractivity contribution >= 4 is 17.2 Å². The maximum absolute atomic E-state index is 12.2. The summed E-state index contributed by atoms with van der Waals surface area (Å²) < 4.78 is 10.6. The molecular formula is C17H18N2O3S. The van der Waals surface area contributed by atoms with Gasteiger partial charge in [0.15, 0.2) is 11.5 Å². The normalized spacial score (nSPS) is 11.4. The van der Waals surface area contributed by atoms with Gasteiger partial charge in [-0.1, -0.05) is 12.1 Å². The van der Waals surface area contributed by atoms with Gasteiger partial charge in [-0.2, -0.15) is 5.26 Å². The molecule has 0 fully saturated rings. The van der Waals surface area contributed by atoms with Crippen molar-refractivity contribution in [3.05, 3.63) is 45.6 Å². The van der Waals surface area contributed by atoms with Gasteiger partial charge in [0.2, 0.25) is 5.91 Å². The third-order valence-corrected chi connectivity index (χ3v) is 4.31. The number of amides is 1. The number of hydrogen-bond acceptors (Lipinski definition) is 5. The Morgan fingerprint density at radius 3 is 2.65 bits per heavy atom. The van der Waals surface area contributed by atoms with Crippen LogP contribution in [0.4, 0.5) is 0 Å². The zero-order valence-electron chi connectivity index (χ0n) is 13.3. The Labute approximate surface area is 139 Å². The van der Waals surface area contributed by atoms with Gasteiger partial charge in [0, 0.05) is 15.3 Å². The summed E-state index contributed by atoms with van der Waals surface area (Å²) >= 11 is 1.57. The Balaban J connectivity index is 2.17. The Morgan fingerprint density at radius 2 is 2.09 bits per heavy atom. The average molecular weight is 330 g/mol. The van der Waals surface area contributed by atoms with Crippen molar-refractivity contribution in [2.24, 2.45) is 0 Å². The lowest BCUT2D eigenvalue weighted by molar-refractivity contribution is -0.120. The molecule has 0 bridgehead atoms. The highest BCUT2D eigenvalue weighted by molar-refractivity contribution is 7.12. The summed E-state index contributed by atoms with van der Waals surface area (Å²) in [6.45, 7) is 1.99. The van der Waals surface area contributed by atoms with Crippen LogP contribution in [0.5, 0.6) is 11.5 Å². The number of benzene rings is 1. The molecule has 1 amide bonds. The van der Waals surface area contributed by atoms with Crippen molar-refractivity contribution in [3.63, 3.8) is 0 Å². The van der Waals surface area contributed by atoms with Crippen molar-refractivity contribution in [2.75, 3.05) is 14.2 Å². The number of carbonyl (C=O) groups is 1. The molecule has 23 heavy (non-hydrogen) atoms. The van der Waals surface area contributed by atoms with E-state index in [9.17, 15) is 10.1 Å². The monoisotopic (exact) mass is 330 g/mol. The van der Waals surface area contributed by atoms with Gasteiger partial charge in [0.1, 0.15) is 6.04 Å². The zero-order valence-corrected chi connectivity index (χ0v) is 14.1. The molecule has 0 saturated heterocycles. The van der Waals surface area contributed by atoms with Crippen LogP contribution in [0.1, 0.15) is 21.4 Å². The van der Waals surface area contributed by atoms with Gasteiger partial charge in [-0.3, -0.25) is 4.79 Å². The highest BCUT2D eigenvalue weighted by Gasteiger charge is 2.21. The largest absolute Gasteiger partial charge is 0.493 e. The third-order valence-electron chi connectivity index (χ3n) is 3.31. The molecule has 0 aliphatic rings. The van der Waals surface area contributed by atoms with E-state index < -0.39 is 6.04 Å². The summed E-state index contributed by atoms with van der Waals surface area (Å²) in [5.41, 5.74) is 0.574. The van der Waals surface area contributed by atoms with Crippen LogP contribution >= 0.6 is 11.3 Å². The molecule has 0 radical (unpaired) electrons. The highest BCUT2D eigenvalue weighted by atomic mass is 32.1. The number of carbonyl (C=O) groups excluding carboxylic acids is 1. The van der Waals surface area contributed by atoms with Crippen LogP contribution in [0.3, 0.4) is 0 Å². The van der Waals surface area contributed by atoms with E-state index in [4.69, 9.17) is 9.47 Å². The number of rotatable bonds is 6. The van der Waals surface area contributed by atoms with Crippen molar-refractivity contribution in [3.8, 4) is 17.6 Å². The summed E-state index contributed by atoms with van der Waals surface area (Å²) in [5.74, 6) is 0.769. The van der Waals surface area contributed by atoms with Crippen molar-refractivity contribution in [1.82, 2.24) is 5.32 Å². The molecule has 2 rings (SSSR count). The molecule has 1 heterocycles. The van der Waals surface area contributed by atoms with Gasteiger partial charge in [-0.25, -0.2) is 0 Å². The van der Waals surface area contributed by atoms with Gasteiger partial charge in [0.25, 0.3) is 0 Å². The Kier molecular flexibility index (Phi) is 5.61. The molecule has 1 aromatic heterocycles. The summed E-state index contributed by atoms with van der Waals surface area (Å²) in [6, 6.07) is 10.4. The van der Waals surface area contributed by atoms with Crippen molar-refractivity contribution in [2.45, 2.75) is 19.4 Å². The van der Waals surface area contributed by atoms with Gasteiger partial charge in [0.05, 0.1) is 26.7 Å². The van der Waals surface area contributed by atoms with Crippen LogP contribution in [0, 0.1) is 18.3 Å². The van der Waals surface area contributed by atoms with Crippen LogP contribution in [-0.2, 0) is 11.2 Å². The maximum Gasteiger partial charge on any atom is 0.226 e. The molecule has 1 atom stereocenters. The number of aryl methyl sites for hydroxylation is 1. The van der Waals surface area contributed by atoms with Gasteiger partial charge in [-0.05, 0) is 25.1 Å². The zero-order chi connectivity index (χ0) is 16.8. The molecule has 0 aliphatic carbocycles. The minimum absolute atomic E-state index is 0.205. The minimum atomic E-state index is -0.798. The molecule has 0 aliphatic heterocycles. The van der Waals surface area contributed by atoms with E-state index in [1.807, 2.05) is 19.1 Å². The molecule has 2 aromatic rings. The SMILES string of the molecule is COc1cccc([C@H](C#N)NC(=O)Cc2ccc(C)s2)c1OC. The second kappa shape index (κ2) is 7.65. The fraction of sp³-hybridized carbons (Fsp3) is 0.294. The third kappa shape index (κ3) is 4.02. The second-order valence-electron chi connectivity index (χ2n) is 4.90. The first-order valence-electron chi connectivity index (χ1n) is 7.04. The number of nitriles is 1. The number of thiophene rings is 1. The van der Waals surface area contributed by atoms with Crippen LogP contribution in [0.15, 0.2) is 30.3 Å². The van der Waals surface area contributed by atoms with Crippen LogP contribution in [0.2, 0.25) is 0 Å². The molecule has 0 saturated carbocycles. The Hall–Kier alpha value is -2.52. The standard InChI is InChI=1S/C17H18N2O3S/c1-11-7-8-12(23-11)9-16(20)19-14(10-18)13-5-4-6-15(21-2)17(13)22-3/h4-8,14H,9H2,1-3H3,(H,19,20)/t14-/m0/s1. The summed E-state index contributed by atoms with van der Waals surface area (Å²) in [4.78, 5) is 14.3. The molecule has 5 nitrogen and oxygen atoms in total. The molecule has 6 heteroatoms. The fourth-order valence-corrected chi connectivity index (χ4v) is 3.16. The van der Waals surface area contributed by atoms with Crippen molar-refractivity contribution < 1.29 is 14.3 Å². The van der Waals surface area contributed by atoms with E-state index in [1.165, 1.54) is 14.2 Å². The van der Waals surface area contributed by atoms with Crippen molar-refractivity contribution in [1.29, 1.82) is 5.26 Å². The second-order valence-corrected chi connectivity index (χ2v) is 6.27. The number of methoxy groups -OCH3 is 2. The molecule has 0 unspecified atom stereocenters. The molecule has 120 valence electrons. The Morgan fingerprint density at radius 1 is 1.30 bits per heavy atom. The smallest absolute Gasteiger partial charge is 0.226 e. The summed E-state index contributed by atoms with van der Waals surface area (Å²) in [7, 11) is 3.03. The molecule has 0 spiro atoms. The van der Waals surface area contributed by atoms with E-state index in [0.29, 0.717) is 17.1 Å². The average Bonchev–Trinajstić information content (AvgIpc) is 2.96. The number of ether oxygens (including phenoxy) is 2.